The van der Waals surface area contributed by atoms with Crippen LogP contribution in [-0.2, 0) is 0 Å². The number of hydrogen-bond acceptors (Lipinski definition) is 2. The van der Waals surface area contributed by atoms with E-state index in [4.69, 9.17) is 0 Å². The molecule has 2 atom stereocenters. The van der Waals surface area contributed by atoms with Gasteiger partial charge in [-0.25, -0.2) is 4.98 Å². The fraction of sp³-hybridized carbons (Fsp3) is 0.636. The zero-order valence-corrected chi connectivity index (χ0v) is 9.01. The van der Waals surface area contributed by atoms with Crippen molar-refractivity contribution in [2.45, 2.75) is 39.0 Å². The van der Waals surface area contributed by atoms with Crippen LogP contribution in [0.15, 0.2) is 4.79 Å². The van der Waals surface area contributed by atoms with Gasteiger partial charge >= 0.3 is 0 Å². The maximum absolute atomic E-state index is 13.1. The minimum atomic E-state index is -0.759. The van der Waals surface area contributed by atoms with Gasteiger partial charge in [-0.05, 0) is 32.1 Å². The molecule has 15 heavy (non-hydrogen) atoms. The topological polar surface area (TPSA) is 45.8 Å². The van der Waals surface area contributed by atoms with E-state index in [-0.39, 0.29) is 5.69 Å². The summed E-state index contributed by atoms with van der Waals surface area (Å²) in [5.41, 5.74) is -0.439. The highest BCUT2D eigenvalue weighted by molar-refractivity contribution is 5.08. The fourth-order valence-electron chi connectivity index (χ4n) is 2.24. The minimum absolute atomic E-state index is 0.202. The molecule has 1 N–H and O–H groups in total. The van der Waals surface area contributed by atoms with E-state index < -0.39 is 11.4 Å². The molecule has 1 aromatic rings. The van der Waals surface area contributed by atoms with E-state index in [2.05, 4.69) is 16.9 Å². The minimum Gasteiger partial charge on any atom is -0.308 e. The van der Waals surface area contributed by atoms with Crippen LogP contribution in [0.4, 0.5) is 4.39 Å². The van der Waals surface area contributed by atoms with E-state index in [0.29, 0.717) is 17.7 Å². The molecule has 4 heteroatoms. The van der Waals surface area contributed by atoms with Gasteiger partial charge in [-0.1, -0.05) is 6.92 Å². The third kappa shape index (κ3) is 1.94. The lowest BCUT2D eigenvalue weighted by atomic mass is 10.1. The summed E-state index contributed by atoms with van der Waals surface area (Å²) >= 11 is 0. The van der Waals surface area contributed by atoms with Crippen molar-refractivity contribution in [3.63, 3.8) is 0 Å². The van der Waals surface area contributed by atoms with Crippen molar-refractivity contribution in [2.24, 2.45) is 5.92 Å². The van der Waals surface area contributed by atoms with Crippen LogP contribution in [0.2, 0.25) is 0 Å². The second-order valence-electron chi connectivity index (χ2n) is 4.47. The Bertz CT molecular complexity index is 427. The zero-order valence-electron chi connectivity index (χ0n) is 9.01. The summed E-state index contributed by atoms with van der Waals surface area (Å²) in [4.78, 5) is 17.9. The number of rotatable bonds is 1. The van der Waals surface area contributed by atoms with Gasteiger partial charge in [0, 0.05) is 5.92 Å². The highest BCUT2D eigenvalue weighted by Crippen LogP contribution is 2.35. The average Bonchev–Trinajstić information content (AvgIpc) is 2.60. The van der Waals surface area contributed by atoms with Gasteiger partial charge in [-0.2, -0.15) is 4.39 Å². The van der Waals surface area contributed by atoms with Crippen LogP contribution in [0.25, 0.3) is 0 Å². The fourth-order valence-corrected chi connectivity index (χ4v) is 2.24. The Balaban J connectivity index is 2.34. The van der Waals surface area contributed by atoms with E-state index in [0.717, 1.165) is 19.3 Å². The molecule has 1 fully saturated rings. The zero-order chi connectivity index (χ0) is 11.0. The Morgan fingerprint density at radius 2 is 2.20 bits per heavy atom. The van der Waals surface area contributed by atoms with Gasteiger partial charge in [0.25, 0.3) is 5.56 Å². The second kappa shape index (κ2) is 3.76. The number of H-pyrrole nitrogens is 1. The lowest BCUT2D eigenvalue weighted by Crippen LogP contribution is -2.18. The van der Waals surface area contributed by atoms with Crippen molar-refractivity contribution < 1.29 is 4.39 Å². The van der Waals surface area contributed by atoms with Crippen molar-refractivity contribution in [1.82, 2.24) is 9.97 Å². The first-order valence-corrected chi connectivity index (χ1v) is 5.34. The Morgan fingerprint density at radius 1 is 1.47 bits per heavy atom. The third-order valence-corrected chi connectivity index (χ3v) is 3.13. The van der Waals surface area contributed by atoms with Gasteiger partial charge in [0.2, 0.25) is 5.82 Å². The summed E-state index contributed by atoms with van der Waals surface area (Å²) in [6, 6.07) is 0. The van der Waals surface area contributed by atoms with Crippen LogP contribution in [0, 0.1) is 18.7 Å². The van der Waals surface area contributed by atoms with Crippen molar-refractivity contribution in [2.75, 3.05) is 0 Å². The molecule has 0 saturated heterocycles. The molecule has 0 aromatic carbocycles. The molecule has 0 spiro atoms. The van der Waals surface area contributed by atoms with Crippen molar-refractivity contribution >= 4 is 0 Å². The predicted octanol–water partition coefficient (Wildman–Crippen LogP) is 2.12. The summed E-state index contributed by atoms with van der Waals surface area (Å²) < 4.78 is 13.1. The normalized spacial score (nSPS) is 25.8. The smallest absolute Gasteiger partial charge is 0.287 e. The average molecular weight is 210 g/mol. The highest BCUT2D eigenvalue weighted by atomic mass is 19.1. The summed E-state index contributed by atoms with van der Waals surface area (Å²) in [5.74, 6) is 0.866. The van der Waals surface area contributed by atoms with Gasteiger partial charge in [0.05, 0.1) is 5.69 Å². The Morgan fingerprint density at radius 3 is 2.73 bits per heavy atom. The number of nitrogens with zero attached hydrogens (tertiary/aromatic N) is 1. The van der Waals surface area contributed by atoms with Crippen LogP contribution in [-0.4, -0.2) is 9.97 Å². The molecule has 0 bridgehead atoms. The molecular formula is C11H15FN2O. The van der Waals surface area contributed by atoms with Crippen LogP contribution < -0.4 is 5.56 Å². The molecule has 1 heterocycles. The monoisotopic (exact) mass is 210 g/mol. The van der Waals surface area contributed by atoms with Gasteiger partial charge in [-0.3, -0.25) is 4.79 Å². The number of aromatic amines is 1. The molecule has 1 aromatic heterocycles. The molecule has 3 nitrogen and oxygen atoms in total. The Labute approximate surface area is 87.7 Å². The number of hydrogen-bond donors (Lipinski definition) is 1. The van der Waals surface area contributed by atoms with E-state index in [9.17, 15) is 9.18 Å². The van der Waals surface area contributed by atoms with Gasteiger partial charge in [0.15, 0.2) is 0 Å². The Kier molecular flexibility index (Phi) is 2.59. The first-order chi connectivity index (χ1) is 7.08. The quantitative estimate of drug-likeness (QED) is 0.771. The van der Waals surface area contributed by atoms with Crippen LogP contribution in [0.5, 0.6) is 0 Å². The molecule has 1 aliphatic rings. The lowest BCUT2D eigenvalue weighted by molar-refractivity contribution is 0.555. The molecule has 82 valence electrons. The first-order valence-electron chi connectivity index (χ1n) is 5.34. The number of halogens is 1. The summed E-state index contributed by atoms with van der Waals surface area (Å²) in [7, 11) is 0. The van der Waals surface area contributed by atoms with Crippen molar-refractivity contribution in [3.05, 3.63) is 27.7 Å². The summed E-state index contributed by atoms with van der Waals surface area (Å²) in [6.07, 6.45) is 3.23. The molecule has 2 unspecified atom stereocenters. The number of aromatic nitrogens is 2. The summed E-state index contributed by atoms with van der Waals surface area (Å²) in [5, 5.41) is 0. The molecule has 1 aliphatic carbocycles. The van der Waals surface area contributed by atoms with E-state index in [1.165, 1.54) is 6.92 Å². The second-order valence-corrected chi connectivity index (χ2v) is 4.47. The van der Waals surface area contributed by atoms with Gasteiger partial charge in [-0.15, -0.1) is 0 Å². The van der Waals surface area contributed by atoms with E-state index in [1.807, 2.05) is 0 Å². The molecule has 0 aliphatic heterocycles. The molecule has 0 amide bonds. The largest absolute Gasteiger partial charge is 0.308 e. The number of nitrogens with one attached hydrogen (secondary N) is 1. The first kappa shape index (κ1) is 10.3. The summed E-state index contributed by atoms with van der Waals surface area (Å²) in [6.45, 7) is 3.72. The molecule has 2 rings (SSSR count). The maximum atomic E-state index is 13.1. The molecular weight excluding hydrogens is 195 g/mol. The maximum Gasteiger partial charge on any atom is 0.287 e. The lowest BCUT2D eigenvalue weighted by Gasteiger charge is -2.09. The Hall–Kier alpha value is -1.19. The highest BCUT2D eigenvalue weighted by Gasteiger charge is 2.25. The molecule has 1 saturated carbocycles. The number of aryl methyl sites for hydroxylation is 1. The van der Waals surface area contributed by atoms with E-state index in [1.54, 1.807) is 0 Å². The molecule has 0 radical (unpaired) electrons. The van der Waals surface area contributed by atoms with E-state index >= 15 is 0 Å². The van der Waals surface area contributed by atoms with Crippen molar-refractivity contribution in [1.29, 1.82) is 0 Å². The van der Waals surface area contributed by atoms with Crippen LogP contribution in [0.1, 0.15) is 43.6 Å². The third-order valence-electron chi connectivity index (χ3n) is 3.13. The van der Waals surface area contributed by atoms with Crippen LogP contribution in [0.3, 0.4) is 0 Å². The van der Waals surface area contributed by atoms with Crippen LogP contribution >= 0.6 is 0 Å². The standard InChI is InChI=1S/C11H15FN2O/c1-6-3-4-8(5-6)10-13-7(2)9(12)11(15)14-10/h6,8H,3-5H2,1-2H3,(H,13,14,15). The van der Waals surface area contributed by atoms with Gasteiger partial charge in [0.1, 0.15) is 5.82 Å². The van der Waals surface area contributed by atoms with Gasteiger partial charge < -0.3 is 4.98 Å². The predicted molar refractivity (Wildman–Crippen MR) is 55.3 cm³/mol. The SMILES string of the molecule is Cc1nc(C2CCC(C)C2)[nH]c(=O)c1F. The van der Waals surface area contributed by atoms with Crippen molar-refractivity contribution in [3.8, 4) is 0 Å².